The monoisotopic (exact) mass is 245 g/mol. The van der Waals surface area contributed by atoms with E-state index in [0.717, 1.165) is 0 Å². The van der Waals surface area contributed by atoms with Crippen LogP contribution in [0.3, 0.4) is 0 Å². The van der Waals surface area contributed by atoms with Crippen molar-refractivity contribution >= 4 is 17.8 Å². The Morgan fingerprint density at radius 1 is 1.29 bits per heavy atom. The number of nitrogens with two attached hydrogens (primary N) is 2. The summed E-state index contributed by atoms with van der Waals surface area (Å²) in [6.45, 7) is 1.33. The first-order valence-corrected chi connectivity index (χ1v) is 5.23. The first-order valence-electron chi connectivity index (χ1n) is 5.23. The molecule has 17 heavy (non-hydrogen) atoms. The third-order valence-corrected chi connectivity index (χ3v) is 2.02. The molecule has 0 bridgehead atoms. The maximum atomic E-state index is 11.3. The lowest BCUT2D eigenvalue weighted by molar-refractivity contribution is -0.917. The predicted octanol–water partition coefficient (Wildman–Crippen LogP) is -0.838. The Bertz CT molecular complexity index is 316. The number of esters is 1. The first-order chi connectivity index (χ1) is 7.62. The van der Waals surface area contributed by atoms with Gasteiger partial charge < -0.3 is 16.2 Å². The van der Waals surface area contributed by atoms with E-state index in [1.165, 1.54) is 6.92 Å². The van der Waals surface area contributed by atoms with Gasteiger partial charge in [-0.05, 0) is 0 Å². The Morgan fingerprint density at radius 2 is 1.82 bits per heavy atom. The van der Waals surface area contributed by atoms with Crippen LogP contribution >= 0.6 is 0 Å². The van der Waals surface area contributed by atoms with Gasteiger partial charge in [0, 0.05) is 19.8 Å². The summed E-state index contributed by atoms with van der Waals surface area (Å²) in [5.41, 5.74) is 10.2. The molecule has 0 fully saturated rings. The molecule has 0 aromatic heterocycles. The molecule has 0 aliphatic rings. The van der Waals surface area contributed by atoms with Crippen LogP contribution in [0, 0.1) is 0 Å². The molecule has 0 radical (unpaired) electrons. The van der Waals surface area contributed by atoms with E-state index in [-0.39, 0.29) is 18.3 Å². The number of ether oxygens (including phenoxy) is 1. The SMILES string of the molecule is CC(=O)O[C@H](CCC(=O)N=C(N)N)[N+](C)(C)C. The molecule has 1 amide bonds. The Hall–Kier alpha value is -1.63. The van der Waals surface area contributed by atoms with Gasteiger partial charge >= 0.3 is 5.97 Å². The summed E-state index contributed by atoms with van der Waals surface area (Å²) < 4.78 is 5.55. The lowest BCUT2D eigenvalue weighted by Crippen LogP contribution is -2.47. The fraction of sp³-hybridized carbons (Fsp3) is 0.700. The van der Waals surface area contributed by atoms with Crippen molar-refractivity contribution in [1.82, 2.24) is 0 Å². The molecule has 0 saturated heterocycles. The molecule has 0 unspecified atom stereocenters. The van der Waals surface area contributed by atoms with Crippen LogP contribution in [0.1, 0.15) is 19.8 Å². The third kappa shape index (κ3) is 7.29. The van der Waals surface area contributed by atoms with Crippen molar-refractivity contribution in [3.8, 4) is 0 Å². The zero-order valence-electron chi connectivity index (χ0n) is 10.8. The zero-order chi connectivity index (χ0) is 13.6. The molecule has 0 aromatic carbocycles. The van der Waals surface area contributed by atoms with Gasteiger partial charge in [-0.15, -0.1) is 0 Å². The Kier molecular flexibility index (Phi) is 5.60. The number of rotatable bonds is 5. The number of quaternary nitrogens is 1. The van der Waals surface area contributed by atoms with Crippen molar-refractivity contribution in [2.24, 2.45) is 16.5 Å². The number of aliphatic imine (C=N–C) groups is 1. The minimum atomic E-state index is -0.421. The van der Waals surface area contributed by atoms with Crippen LogP contribution in [-0.4, -0.2) is 49.7 Å². The molecule has 0 rings (SSSR count). The summed E-state index contributed by atoms with van der Waals surface area (Å²) >= 11 is 0. The van der Waals surface area contributed by atoms with Crippen molar-refractivity contribution < 1.29 is 18.8 Å². The first kappa shape index (κ1) is 15.4. The normalized spacial score (nSPS) is 12.7. The van der Waals surface area contributed by atoms with Crippen molar-refractivity contribution in [3.63, 3.8) is 0 Å². The molecule has 98 valence electrons. The van der Waals surface area contributed by atoms with Gasteiger partial charge in [0.25, 0.3) is 0 Å². The second-order valence-corrected chi connectivity index (χ2v) is 4.65. The van der Waals surface area contributed by atoms with E-state index in [1.54, 1.807) is 0 Å². The highest BCUT2D eigenvalue weighted by atomic mass is 16.6. The molecule has 0 aliphatic carbocycles. The molecule has 4 N–H and O–H groups in total. The highest BCUT2D eigenvalue weighted by Crippen LogP contribution is 2.12. The van der Waals surface area contributed by atoms with E-state index in [9.17, 15) is 9.59 Å². The van der Waals surface area contributed by atoms with Crippen LogP contribution in [0.2, 0.25) is 0 Å². The molecular weight excluding hydrogens is 224 g/mol. The number of hydrogen-bond donors (Lipinski definition) is 2. The van der Waals surface area contributed by atoms with Crippen molar-refractivity contribution in [2.75, 3.05) is 21.1 Å². The van der Waals surface area contributed by atoms with E-state index in [4.69, 9.17) is 16.2 Å². The van der Waals surface area contributed by atoms with Crippen LogP contribution in [0.4, 0.5) is 0 Å². The minimum absolute atomic E-state index is 0.130. The quantitative estimate of drug-likeness (QED) is 0.216. The van der Waals surface area contributed by atoms with Crippen LogP contribution in [0.15, 0.2) is 4.99 Å². The van der Waals surface area contributed by atoms with Gasteiger partial charge in [0.05, 0.1) is 21.1 Å². The standard InChI is InChI=1S/C10H20N4O3/c1-7(15)17-9(14(2,3)4)6-5-8(16)13-10(11)12/h9H,5-6H2,1-4H3,(H3-,11,12,13,16)/p+1/t9-/m1/s1. The van der Waals surface area contributed by atoms with Gasteiger partial charge in [0.1, 0.15) is 0 Å². The molecule has 0 spiro atoms. The highest BCUT2D eigenvalue weighted by molar-refractivity contribution is 5.91. The van der Waals surface area contributed by atoms with E-state index < -0.39 is 12.1 Å². The van der Waals surface area contributed by atoms with Crippen molar-refractivity contribution in [3.05, 3.63) is 0 Å². The summed E-state index contributed by atoms with van der Waals surface area (Å²) in [4.78, 5) is 25.6. The molecule has 7 nitrogen and oxygen atoms in total. The average molecular weight is 245 g/mol. The van der Waals surface area contributed by atoms with Crippen molar-refractivity contribution in [2.45, 2.75) is 26.0 Å². The van der Waals surface area contributed by atoms with Crippen molar-refractivity contribution in [1.29, 1.82) is 0 Å². The number of nitrogens with zero attached hydrogens (tertiary/aromatic N) is 2. The maximum Gasteiger partial charge on any atom is 0.307 e. The predicted molar refractivity (Wildman–Crippen MR) is 63.6 cm³/mol. The minimum Gasteiger partial charge on any atom is -0.413 e. The maximum absolute atomic E-state index is 11.3. The summed E-state index contributed by atoms with van der Waals surface area (Å²) in [5.74, 6) is -1.06. The molecule has 0 saturated carbocycles. The smallest absolute Gasteiger partial charge is 0.307 e. The lowest BCUT2D eigenvalue weighted by Gasteiger charge is -2.32. The Labute approximate surface area is 101 Å². The van der Waals surface area contributed by atoms with Crippen LogP contribution in [0.5, 0.6) is 0 Å². The third-order valence-electron chi connectivity index (χ3n) is 2.02. The van der Waals surface area contributed by atoms with Crippen LogP contribution in [0.25, 0.3) is 0 Å². The summed E-state index contributed by atoms with van der Waals surface area (Å²) in [5, 5.41) is 0. The van der Waals surface area contributed by atoms with Gasteiger partial charge in [-0.1, -0.05) is 0 Å². The highest BCUT2D eigenvalue weighted by Gasteiger charge is 2.27. The molecule has 7 heteroatoms. The van der Waals surface area contributed by atoms with Gasteiger partial charge in [-0.25, -0.2) is 0 Å². The van der Waals surface area contributed by atoms with Crippen LogP contribution < -0.4 is 11.5 Å². The summed E-state index contributed by atoms with van der Waals surface area (Å²) in [6.07, 6.45) is 0.106. The molecule has 0 aliphatic heterocycles. The molecule has 0 aromatic rings. The zero-order valence-corrected chi connectivity index (χ0v) is 10.8. The molecular formula is C10H21N4O3+. The average Bonchev–Trinajstić information content (AvgIpc) is 2.08. The number of carbonyl (C=O) groups is 2. The van der Waals surface area contributed by atoms with Gasteiger partial charge in [0.2, 0.25) is 12.1 Å². The second-order valence-electron chi connectivity index (χ2n) is 4.65. The van der Waals surface area contributed by atoms with E-state index >= 15 is 0 Å². The number of carbonyl (C=O) groups excluding carboxylic acids is 2. The van der Waals surface area contributed by atoms with E-state index in [1.807, 2.05) is 21.1 Å². The second kappa shape index (κ2) is 6.19. The number of hydrogen-bond acceptors (Lipinski definition) is 3. The lowest BCUT2D eigenvalue weighted by atomic mass is 10.2. The molecule has 1 atom stereocenters. The summed E-state index contributed by atoms with van der Waals surface area (Å²) in [7, 11) is 5.62. The fourth-order valence-electron chi connectivity index (χ4n) is 1.24. The topological polar surface area (TPSA) is 108 Å². The number of guanidine groups is 1. The van der Waals surface area contributed by atoms with Crippen LogP contribution in [-0.2, 0) is 14.3 Å². The van der Waals surface area contributed by atoms with E-state index in [2.05, 4.69) is 4.99 Å². The number of amides is 1. The van der Waals surface area contributed by atoms with Gasteiger partial charge in [0.15, 0.2) is 5.96 Å². The van der Waals surface area contributed by atoms with Gasteiger partial charge in [-0.3, -0.25) is 14.1 Å². The Morgan fingerprint density at radius 3 is 2.18 bits per heavy atom. The van der Waals surface area contributed by atoms with Gasteiger partial charge in [-0.2, -0.15) is 4.99 Å². The summed E-state index contributed by atoms with van der Waals surface area (Å²) in [6, 6.07) is 0. The van der Waals surface area contributed by atoms with E-state index in [0.29, 0.717) is 10.9 Å². The largest absolute Gasteiger partial charge is 0.413 e. The molecule has 0 heterocycles. The fourth-order valence-corrected chi connectivity index (χ4v) is 1.24. The Balaban J connectivity index is 4.42.